The summed E-state index contributed by atoms with van der Waals surface area (Å²) >= 11 is 1.59. The van der Waals surface area contributed by atoms with Crippen LogP contribution in [0.15, 0.2) is 17.8 Å². The predicted octanol–water partition coefficient (Wildman–Crippen LogP) is 1.70. The van der Waals surface area contributed by atoms with E-state index in [1.807, 2.05) is 11.4 Å². The van der Waals surface area contributed by atoms with E-state index in [1.54, 1.807) is 18.4 Å². The maximum Gasteiger partial charge on any atom is 0.225 e. The first-order chi connectivity index (χ1) is 5.42. The summed E-state index contributed by atoms with van der Waals surface area (Å²) in [6.07, 6.45) is 1.51. The standard InChI is InChI=1S/C7H6N2OS/c1-10-6-5-2-3-11-7(5)9-4-8-6/h2-4H,1H3. The third kappa shape index (κ3) is 0.952. The molecule has 0 N–H and O–H groups in total. The van der Waals surface area contributed by atoms with E-state index in [4.69, 9.17) is 4.74 Å². The van der Waals surface area contributed by atoms with E-state index in [2.05, 4.69) is 9.97 Å². The number of methoxy groups -OCH3 is 1. The molecule has 0 aromatic carbocycles. The molecule has 0 atom stereocenters. The van der Waals surface area contributed by atoms with Gasteiger partial charge in [0.15, 0.2) is 0 Å². The van der Waals surface area contributed by atoms with Crippen molar-refractivity contribution in [1.29, 1.82) is 0 Å². The Labute approximate surface area is 67.7 Å². The summed E-state index contributed by atoms with van der Waals surface area (Å²) in [6, 6.07) is 1.96. The van der Waals surface area contributed by atoms with Crippen LogP contribution in [0.1, 0.15) is 0 Å². The molecule has 0 aliphatic carbocycles. The van der Waals surface area contributed by atoms with Crippen LogP contribution in [0, 0.1) is 0 Å². The summed E-state index contributed by atoms with van der Waals surface area (Å²) in [4.78, 5) is 9.02. The zero-order valence-corrected chi connectivity index (χ0v) is 6.76. The molecule has 0 amide bonds. The van der Waals surface area contributed by atoms with Gasteiger partial charge in [0.05, 0.1) is 12.5 Å². The lowest BCUT2D eigenvalue weighted by molar-refractivity contribution is 0.403. The second kappa shape index (κ2) is 2.47. The van der Waals surface area contributed by atoms with E-state index in [1.165, 1.54) is 6.33 Å². The van der Waals surface area contributed by atoms with Crippen molar-refractivity contribution in [2.24, 2.45) is 0 Å². The quantitative estimate of drug-likeness (QED) is 0.646. The molecule has 2 aromatic heterocycles. The maximum absolute atomic E-state index is 5.04. The normalized spacial score (nSPS) is 10.3. The van der Waals surface area contributed by atoms with Crippen LogP contribution in [-0.2, 0) is 0 Å². The number of thiophene rings is 1. The minimum Gasteiger partial charge on any atom is -0.480 e. The zero-order valence-electron chi connectivity index (χ0n) is 5.94. The lowest BCUT2D eigenvalue weighted by atomic mass is 10.4. The van der Waals surface area contributed by atoms with Gasteiger partial charge in [0, 0.05) is 0 Å². The molecule has 0 spiro atoms. The van der Waals surface area contributed by atoms with Gasteiger partial charge in [-0.3, -0.25) is 0 Å². The van der Waals surface area contributed by atoms with Crippen molar-refractivity contribution < 1.29 is 4.74 Å². The van der Waals surface area contributed by atoms with Gasteiger partial charge >= 0.3 is 0 Å². The molecular formula is C7H6N2OS. The van der Waals surface area contributed by atoms with Crippen LogP contribution in [0.3, 0.4) is 0 Å². The van der Waals surface area contributed by atoms with Crippen LogP contribution in [0.5, 0.6) is 5.88 Å². The zero-order chi connectivity index (χ0) is 7.68. The number of rotatable bonds is 1. The van der Waals surface area contributed by atoms with E-state index >= 15 is 0 Å². The van der Waals surface area contributed by atoms with E-state index in [0.29, 0.717) is 5.88 Å². The number of hydrogen-bond acceptors (Lipinski definition) is 4. The summed E-state index contributed by atoms with van der Waals surface area (Å²) in [7, 11) is 1.61. The molecule has 0 radical (unpaired) electrons. The minimum atomic E-state index is 0.649. The van der Waals surface area contributed by atoms with Crippen LogP contribution < -0.4 is 4.74 Å². The van der Waals surface area contributed by atoms with Gasteiger partial charge in [-0.05, 0) is 11.4 Å². The first-order valence-corrected chi connectivity index (χ1v) is 4.02. The van der Waals surface area contributed by atoms with Crippen LogP contribution in [0.2, 0.25) is 0 Å². The van der Waals surface area contributed by atoms with Crippen molar-refractivity contribution >= 4 is 21.6 Å². The van der Waals surface area contributed by atoms with Gasteiger partial charge in [-0.2, -0.15) is 0 Å². The van der Waals surface area contributed by atoms with Crippen LogP contribution in [-0.4, -0.2) is 17.1 Å². The maximum atomic E-state index is 5.04. The SMILES string of the molecule is COc1ncnc2sccc12. The van der Waals surface area contributed by atoms with Gasteiger partial charge in [-0.25, -0.2) is 9.97 Å². The van der Waals surface area contributed by atoms with E-state index in [0.717, 1.165) is 10.2 Å². The molecular weight excluding hydrogens is 160 g/mol. The molecule has 4 heteroatoms. The third-order valence-electron chi connectivity index (χ3n) is 1.42. The molecule has 3 nitrogen and oxygen atoms in total. The van der Waals surface area contributed by atoms with Crippen LogP contribution in [0.25, 0.3) is 10.2 Å². The Morgan fingerprint density at radius 2 is 2.36 bits per heavy atom. The summed E-state index contributed by atoms with van der Waals surface area (Å²) < 4.78 is 5.04. The molecule has 0 saturated carbocycles. The van der Waals surface area contributed by atoms with Crippen molar-refractivity contribution in [3.05, 3.63) is 17.8 Å². The van der Waals surface area contributed by atoms with Crippen molar-refractivity contribution in [3.63, 3.8) is 0 Å². The van der Waals surface area contributed by atoms with Crippen molar-refractivity contribution in [3.8, 4) is 5.88 Å². The number of nitrogens with zero attached hydrogens (tertiary/aromatic N) is 2. The Balaban J connectivity index is 2.79. The summed E-state index contributed by atoms with van der Waals surface area (Å²) in [6.45, 7) is 0. The molecule has 2 heterocycles. The molecule has 0 aliphatic rings. The number of hydrogen-bond donors (Lipinski definition) is 0. The smallest absolute Gasteiger partial charge is 0.225 e. The van der Waals surface area contributed by atoms with Crippen molar-refractivity contribution in [2.75, 3.05) is 7.11 Å². The molecule has 11 heavy (non-hydrogen) atoms. The van der Waals surface area contributed by atoms with Gasteiger partial charge < -0.3 is 4.74 Å². The Morgan fingerprint density at radius 3 is 3.18 bits per heavy atom. The second-order valence-corrected chi connectivity index (χ2v) is 2.92. The number of fused-ring (bicyclic) bond motifs is 1. The fraction of sp³-hybridized carbons (Fsp3) is 0.143. The topological polar surface area (TPSA) is 35.0 Å². The molecule has 0 saturated heterocycles. The third-order valence-corrected chi connectivity index (χ3v) is 2.24. The Kier molecular flexibility index (Phi) is 1.47. The van der Waals surface area contributed by atoms with Gasteiger partial charge in [0.1, 0.15) is 11.2 Å². The fourth-order valence-electron chi connectivity index (χ4n) is 0.930. The molecule has 0 fully saturated rings. The lowest BCUT2D eigenvalue weighted by Crippen LogP contribution is -1.87. The van der Waals surface area contributed by atoms with Gasteiger partial charge in [-0.1, -0.05) is 0 Å². The molecule has 2 rings (SSSR count). The van der Waals surface area contributed by atoms with Gasteiger partial charge in [0.2, 0.25) is 5.88 Å². The van der Waals surface area contributed by atoms with Crippen LogP contribution in [0.4, 0.5) is 0 Å². The van der Waals surface area contributed by atoms with Gasteiger partial charge in [-0.15, -0.1) is 11.3 Å². The average Bonchev–Trinajstić information content (AvgIpc) is 2.50. The molecule has 0 unspecified atom stereocenters. The fourth-order valence-corrected chi connectivity index (χ4v) is 1.65. The molecule has 0 aliphatic heterocycles. The average molecular weight is 166 g/mol. The largest absolute Gasteiger partial charge is 0.480 e. The first kappa shape index (κ1) is 6.54. The minimum absolute atomic E-state index is 0.649. The van der Waals surface area contributed by atoms with E-state index in [-0.39, 0.29) is 0 Å². The first-order valence-electron chi connectivity index (χ1n) is 3.14. The highest BCUT2D eigenvalue weighted by molar-refractivity contribution is 7.16. The van der Waals surface area contributed by atoms with E-state index in [9.17, 15) is 0 Å². The monoisotopic (exact) mass is 166 g/mol. The van der Waals surface area contributed by atoms with Crippen molar-refractivity contribution in [1.82, 2.24) is 9.97 Å². The highest BCUT2D eigenvalue weighted by Gasteiger charge is 2.02. The van der Waals surface area contributed by atoms with E-state index < -0.39 is 0 Å². The molecule has 0 bridgehead atoms. The molecule has 56 valence electrons. The predicted molar refractivity (Wildman–Crippen MR) is 44.0 cm³/mol. The number of ether oxygens (including phenoxy) is 1. The lowest BCUT2D eigenvalue weighted by Gasteiger charge is -1.96. The highest BCUT2D eigenvalue weighted by atomic mass is 32.1. The van der Waals surface area contributed by atoms with Crippen molar-refractivity contribution in [2.45, 2.75) is 0 Å². The Hall–Kier alpha value is -1.16. The highest BCUT2D eigenvalue weighted by Crippen LogP contribution is 2.24. The summed E-state index contributed by atoms with van der Waals surface area (Å²) in [5.41, 5.74) is 0. The molecule has 2 aromatic rings. The van der Waals surface area contributed by atoms with Gasteiger partial charge in [0.25, 0.3) is 0 Å². The summed E-state index contributed by atoms with van der Waals surface area (Å²) in [5.74, 6) is 0.649. The summed E-state index contributed by atoms with van der Waals surface area (Å²) in [5, 5.41) is 2.96. The van der Waals surface area contributed by atoms with Crippen LogP contribution >= 0.6 is 11.3 Å². The Morgan fingerprint density at radius 1 is 1.45 bits per heavy atom. The Bertz CT molecular complexity index is 371. The second-order valence-electron chi connectivity index (χ2n) is 2.02. The number of aromatic nitrogens is 2.